The number of Topliss-reactive ketones (excluding diaryl/α,β-unsaturated/α-hetero) is 1. The molecule has 1 aromatic carbocycles. The molecule has 0 saturated carbocycles. The summed E-state index contributed by atoms with van der Waals surface area (Å²) in [6.45, 7) is 3.93. The number of methoxy groups -OCH3 is 1. The fraction of sp³-hybridized carbons (Fsp3) is 0.312. The number of carbonyl (C=O) groups is 1. The van der Waals surface area contributed by atoms with Crippen LogP contribution < -0.4 is 4.74 Å². The summed E-state index contributed by atoms with van der Waals surface area (Å²) in [7, 11) is 1.64. The Labute approximate surface area is 123 Å². The van der Waals surface area contributed by atoms with Crippen LogP contribution in [0.2, 0.25) is 0 Å². The van der Waals surface area contributed by atoms with Crippen LogP contribution in [0.1, 0.15) is 27.2 Å². The van der Waals surface area contributed by atoms with Crippen molar-refractivity contribution >= 4 is 17.5 Å². The van der Waals surface area contributed by atoms with Crippen LogP contribution in [0, 0.1) is 13.8 Å². The predicted octanol–water partition coefficient (Wildman–Crippen LogP) is 4.02. The fourth-order valence-corrected chi connectivity index (χ4v) is 2.84. The van der Waals surface area contributed by atoms with Crippen LogP contribution in [0.3, 0.4) is 0 Å². The Hall–Kier alpha value is -1.68. The minimum absolute atomic E-state index is 0.143. The average Bonchev–Trinajstić information content (AvgIpc) is 2.95. The molecular formula is C16H18O3S. The quantitative estimate of drug-likeness (QED) is 0.753. The van der Waals surface area contributed by atoms with Crippen LogP contribution in [0.5, 0.6) is 5.75 Å². The van der Waals surface area contributed by atoms with Crippen molar-refractivity contribution in [1.29, 1.82) is 0 Å². The Kier molecular flexibility index (Phi) is 4.90. The molecule has 0 aliphatic rings. The minimum atomic E-state index is 0.143. The molecule has 0 radical (unpaired) electrons. The molecule has 0 atom stereocenters. The van der Waals surface area contributed by atoms with Gasteiger partial charge in [0.25, 0.3) is 0 Å². The van der Waals surface area contributed by atoms with Crippen molar-refractivity contribution < 1.29 is 13.9 Å². The number of rotatable bonds is 6. The minimum Gasteiger partial charge on any atom is -0.496 e. The molecule has 0 aliphatic heterocycles. The summed E-state index contributed by atoms with van der Waals surface area (Å²) in [5.74, 6) is 3.03. The van der Waals surface area contributed by atoms with Gasteiger partial charge in [0.1, 0.15) is 11.5 Å². The second-order valence-electron chi connectivity index (χ2n) is 4.56. The first-order valence-corrected chi connectivity index (χ1v) is 7.56. The topological polar surface area (TPSA) is 39.4 Å². The summed E-state index contributed by atoms with van der Waals surface area (Å²) >= 11 is 1.56. The molecule has 0 spiro atoms. The van der Waals surface area contributed by atoms with E-state index in [1.54, 1.807) is 25.1 Å². The number of hydrogen-bond donors (Lipinski definition) is 0. The summed E-state index contributed by atoms with van der Waals surface area (Å²) in [5, 5.41) is 0. The Balaban J connectivity index is 2.00. The van der Waals surface area contributed by atoms with Crippen LogP contribution in [0.25, 0.3) is 0 Å². The van der Waals surface area contributed by atoms with E-state index in [2.05, 4.69) is 0 Å². The Bertz CT molecular complexity index is 588. The molecule has 3 nitrogen and oxygen atoms in total. The fourth-order valence-electron chi connectivity index (χ4n) is 2.04. The molecule has 0 saturated heterocycles. The Morgan fingerprint density at radius 1 is 1.25 bits per heavy atom. The molecule has 106 valence electrons. The van der Waals surface area contributed by atoms with Crippen LogP contribution in [0.4, 0.5) is 0 Å². The molecule has 0 bridgehead atoms. The zero-order chi connectivity index (χ0) is 14.5. The van der Waals surface area contributed by atoms with Gasteiger partial charge in [0.15, 0.2) is 5.78 Å². The van der Waals surface area contributed by atoms with Gasteiger partial charge in [-0.1, -0.05) is 0 Å². The second-order valence-corrected chi connectivity index (χ2v) is 5.55. The number of benzene rings is 1. The Morgan fingerprint density at radius 2 is 2.05 bits per heavy atom. The molecule has 20 heavy (non-hydrogen) atoms. The van der Waals surface area contributed by atoms with E-state index in [0.717, 1.165) is 28.2 Å². The van der Waals surface area contributed by atoms with Crippen molar-refractivity contribution in [2.45, 2.75) is 19.6 Å². The summed E-state index contributed by atoms with van der Waals surface area (Å²) in [4.78, 5) is 12.3. The molecule has 4 heteroatoms. The second kappa shape index (κ2) is 6.66. The lowest BCUT2D eigenvalue weighted by Gasteiger charge is -2.11. The van der Waals surface area contributed by atoms with Crippen molar-refractivity contribution in [3.8, 4) is 5.75 Å². The van der Waals surface area contributed by atoms with Crippen LogP contribution in [-0.4, -0.2) is 18.6 Å². The monoisotopic (exact) mass is 290 g/mol. The van der Waals surface area contributed by atoms with E-state index in [1.165, 1.54) is 0 Å². The molecule has 0 unspecified atom stereocenters. The maximum absolute atomic E-state index is 12.3. The van der Waals surface area contributed by atoms with E-state index in [4.69, 9.17) is 9.15 Å². The molecule has 0 aliphatic carbocycles. The molecule has 0 amide bonds. The standard InChI is InChI=1S/C16H18O3S/c1-11-12(2)16(18-3)7-6-14(11)15(17)10-20-9-13-5-4-8-19-13/h4-8H,9-10H2,1-3H3. The van der Waals surface area contributed by atoms with E-state index in [-0.39, 0.29) is 5.78 Å². The molecule has 2 rings (SSSR count). The number of ether oxygens (including phenoxy) is 1. The smallest absolute Gasteiger partial charge is 0.173 e. The van der Waals surface area contributed by atoms with Gasteiger partial charge in [0, 0.05) is 5.56 Å². The maximum Gasteiger partial charge on any atom is 0.173 e. The molecule has 2 aromatic rings. The highest BCUT2D eigenvalue weighted by Gasteiger charge is 2.13. The lowest BCUT2D eigenvalue weighted by atomic mass is 10.00. The molecule has 0 N–H and O–H groups in total. The van der Waals surface area contributed by atoms with Gasteiger partial charge in [-0.05, 0) is 49.2 Å². The maximum atomic E-state index is 12.3. The lowest BCUT2D eigenvalue weighted by molar-refractivity contribution is 0.102. The third kappa shape index (κ3) is 3.25. The normalized spacial score (nSPS) is 10.6. The molecule has 1 heterocycles. The van der Waals surface area contributed by atoms with E-state index >= 15 is 0 Å². The van der Waals surface area contributed by atoms with E-state index < -0.39 is 0 Å². The average molecular weight is 290 g/mol. The van der Waals surface area contributed by atoms with Crippen molar-refractivity contribution in [2.75, 3.05) is 12.9 Å². The highest BCUT2D eigenvalue weighted by Crippen LogP contribution is 2.25. The first-order valence-electron chi connectivity index (χ1n) is 6.41. The van der Waals surface area contributed by atoms with Crippen LogP contribution in [-0.2, 0) is 5.75 Å². The number of furan rings is 1. The summed E-state index contributed by atoms with van der Waals surface area (Å²) in [6, 6.07) is 7.47. The van der Waals surface area contributed by atoms with Gasteiger partial charge in [0.2, 0.25) is 0 Å². The van der Waals surface area contributed by atoms with E-state index in [1.807, 2.05) is 38.1 Å². The number of thioether (sulfide) groups is 1. The molecular weight excluding hydrogens is 272 g/mol. The first-order chi connectivity index (χ1) is 9.63. The van der Waals surface area contributed by atoms with Crippen molar-refractivity contribution in [3.05, 3.63) is 53.0 Å². The Morgan fingerprint density at radius 3 is 2.70 bits per heavy atom. The van der Waals surface area contributed by atoms with E-state index in [9.17, 15) is 4.79 Å². The SMILES string of the molecule is COc1ccc(C(=O)CSCc2ccco2)c(C)c1C. The zero-order valence-corrected chi connectivity index (χ0v) is 12.8. The summed E-state index contributed by atoms with van der Waals surface area (Å²) in [5.41, 5.74) is 2.79. The summed E-state index contributed by atoms with van der Waals surface area (Å²) < 4.78 is 10.5. The highest BCUT2D eigenvalue weighted by molar-refractivity contribution is 7.99. The summed E-state index contributed by atoms with van der Waals surface area (Å²) in [6.07, 6.45) is 1.65. The first kappa shape index (κ1) is 14.7. The van der Waals surface area contributed by atoms with Gasteiger partial charge < -0.3 is 9.15 Å². The van der Waals surface area contributed by atoms with Gasteiger partial charge in [0.05, 0.1) is 24.9 Å². The lowest BCUT2D eigenvalue weighted by Crippen LogP contribution is -2.07. The van der Waals surface area contributed by atoms with Crippen molar-refractivity contribution in [2.24, 2.45) is 0 Å². The van der Waals surface area contributed by atoms with Gasteiger partial charge in [-0.3, -0.25) is 4.79 Å². The van der Waals surface area contributed by atoms with Gasteiger partial charge in [-0.2, -0.15) is 0 Å². The van der Waals surface area contributed by atoms with Crippen LogP contribution in [0.15, 0.2) is 34.9 Å². The number of carbonyl (C=O) groups excluding carboxylic acids is 1. The van der Waals surface area contributed by atoms with E-state index in [0.29, 0.717) is 11.5 Å². The number of hydrogen-bond acceptors (Lipinski definition) is 4. The third-order valence-corrected chi connectivity index (χ3v) is 4.27. The number of ketones is 1. The van der Waals surface area contributed by atoms with Gasteiger partial charge in [-0.25, -0.2) is 0 Å². The largest absolute Gasteiger partial charge is 0.496 e. The van der Waals surface area contributed by atoms with Gasteiger partial charge in [-0.15, -0.1) is 11.8 Å². The molecule has 1 aromatic heterocycles. The highest BCUT2D eigenvalue weighted by atomic mass is 32.2. The third-order valence-electron chi connectivity index (χ3n) is 3.32. The van der Waals surface area contributed by atoms with Crippen molar-refractivity contribution in [3.63, 3.8) is 0 Å². The van der Waals surface area contributed by atoms with Crippen LogP contribution >= 0.6 is 11.8 Å². The van der Waals surface area contributed by atoms with Gasteiger partial charge >= 0.3 is 0 Å². The predicted molar refractivity (Wildman–Crippen MR) is 81.7 cm³/mol. The zero-order valence-electron chi connectivity index (χ0n) is 11.9. The molecule has 0 fully saturated rings. The van der Waals surface area contributed by atoms with Crippen molar-refractivity contribution in [1.82, 2.24) is 0 Å².